The Balaban J connectivity index is 1.77. The van der Waals surface area contributed by atoms with E-state index in [0.29, 0.717) is 33.7 Å². The number of hydrogen-bond acceptors (Lipinski definition) is 6. The van der Waals surface area contributed by atoms with Crippen molar-refractivity contribution in [2.45, 2.75) is 0 Å². The van der Waals surface area contributed by atoms with Crippen molar-refractivity contribution in [2.24, 2.45) is 0 Å². The van der Waals surface area contributed by atoms with E-state index in [-0.39, 0.29) is 0 Å². The van der Waals surface area contributed by atoms with E-state index in [1.807, 2.05) is 24.4 Å². The van der Waals surface area contributed by atoms with Crippen LogP contribution in [0.3, 0.4) is 0 Å². The number of pyridine rings is 1. The van der Waals surface area contributed by atoms with Crippen LogP contribution >= 0.6 is 0 Å². The first-order chi connectivity index (χ1) is 13.7. The van der Waals surface area contributed by atoms with Crippen LogP contribution in [-0.2, 0) is 4.74 Å². The normalized spacial score (nSPS) is 10.6. The highest BCUT2D eigenvalue weighted by Crippen LogP contribution is 2.33. The number of benzene rings is 2. The van der Waals surface area contributed by atoms with Gasteiger partial charge in [-0.1, -0.05) is 0 Å². The van der Waals surface area contributed by atoms with Gasteiger partial charge >= 0.3 is 5.97 Å². The van der Waals surface area contributed by atoms with Gasteiger partial charge in [0.15, 0.2) is 0 Å². The molecule has 0 N–H and O–H groups in total. The van der Waals surface area contributed by atoms with Crippen molar-refractivity contribution in [3.63, 3.8) is 0 Å². The lowest BCUT2D eigenvalue weighted by Gasteiger charge is -2.12. The zero-order valence-corrected chi connectivity index (χ0v) is 15.3. The summed E-state index contributed by atoms with van der Waals surface area (Å²) >= 11 is 0. The summed E-state index contributed by atoms with van der Waals surface area (Å²) in [4.78, 5) is 16.2. The van der Waals surface area contributed by atoms with Crippen LogP contribution in [0.25, 0.3) is 16.6 Å². The SMILES string of the molecule is COC(=O)c1ccc2nccc(Oc3cc(OC)cc(-n4cccn4)c3)c2c1. The van der Waals surface area contributed by atoms with Crippen molar-refractivity contribution in [1.82, 2.24) is 14.8 Å². The third-order valence-electron chi connectivity index (χ3n) is 4.22. The highest BCUT2D eigenvalue weighted by atomic mass is 16.5. The fourth-order valence-corrected chi connectivity index (χ4v) is 2.87. The summed E-state index contributed by atoms with van der Waals surface area (Å²) in [6, 6.07) is 14.2. The summed E-state index contributed by atoms with van der Waals surface area (Å²) in [5.74, 6) is 1.35. The van der Waals surface area contributed by atoms with Gasteiger partial charge in [0.2, 0.25) is 0 Å². The Hall–Kier alpha value is -3.87. The second-order valence-electron chi connectivity index (χ2n) is 5.95. The molecule has 0 fully saturated rings. The molecule has 0 saturated heterocycles. The summed E-state index contributed by atoms with van der Waals surface area (Å²) in [6.07, 6.45) is 5.19. The number of esters is 1. The highest BCUT2D eigenvalue weighted by molar-refractivity contribution is 5.96. The summed E-state index contributed by atoms with van der Waals surface area (Å²) in [6.45, 7) is 0. The molecule has 4 rings (SSSR count). The fourth-order valence-electron chi connectivity index (χ4n) is 2.87. The van der Waals surface area contributed by atoms with Crippen LogP contribution in [0, 0.1) is 0 Å². The molecule has 7 heteroatoms. The zero-order chi connectivity index (χ0) is 19.5. The van der Waals surface area contributed by atoms with Gasteiger partial charge in [0, 0.05) is 42.2 Å². The van der Waals surface area contributed by atoms with Crippen molar-refractivity contribution >= 4 is 16.9 Å². The van der Waals surface area contributed by atoms with E-state index in [2.05, 4.69) is 10.1 Å². The van der Waals surface area contributed by atoms with E-state index in [4.69, 9.17) is 14.2 Å². The average molecular weight is 375 g/mol. The lowest BCUT2D eigenvalue weighted by molar-refractivity contribution is 0.0601. The molecule has 2 aromatic carbocycles. The lowest BCUT2D eigenvalue weighted by atomic mass is 10.1. The molecule has 4 aromatic rings. The minimum absolute atomic E-state index is 0.418. The maximum absolute atomic E-state index is 11.9. The van der Waals surface area contributed by atoms with Gasteiger partial charge in [-0.05, 0) is 30.3 Å². The zero-order valence-electron chi connectivity index (χ0n) is 15.3. The molecule has 0 amide bonds. The van der Waals surface area contributed by atoms with Gasteiger partial charge in [0.1, 0.15) is 17.2 Å². The molecule has 0 aliphatic rings. The molecule has 140 valence electrons. The van der Waals surface area contributed by atoms with Gasteiger partial charge in [-0.2, -0.15) is 5.10 Å². The third kappa shape index (κ3) is 3.37. The molecule has 0 bridgehead atoms. The quantitative estimate of drug-likeness (QED) is 0.491. The van der Waals surface area contributed by atoms with E-state index in [1.54, 1.807) is 54.5 Å². The number of aromatic nitrogens is 3. The molecule has 7 nitrogen and oxygen atoms in total. The van der Waals surface area contributed by atoms with Crippen LogP contribution in [0.2, 0.25) is 0 Å². The number of fused-ring (bicyclic) bond motifs is 1. The van der Waals surface area contributed by atoms with Crippen LogP contribution in [0.5, 0.6) is 17.2 Å². The van der Waals surface area contributed by atoms with E-state index >= 15 is 0 Å². The second-order valence-corrected chi connectivity index (χ2v) is 5.95. The fraction of sp³-hybridized carbons (Fsp3) is 0.0952. The number of carbonyl (C=O) groups excluding carboxylic acids is 1. The van der Waals surface area contributed by atoms with Gasteiger partial charge in [-0.3, -0.25) is 4.98 Å². The van der Waals surface area contributed by atoms with Gasteiger partial charge in [-0.15, -0.1) is 0 Å². The second kappa shape index (κ2) is 7.40. The monoisotopic (exact) mass is 375 g/mol. The van der Waals surface area contributed by atoms with Crippen molar-refractivity contribution < 1.29 is 19.0 Å². The Bertz CT molecular complexity index is 1140. The molecule has 28 heavy (non-hydrogen) atoms. The Kier molecular flexibility index (Phi) is 4.63. The molecule has 0 radical (unpaired) electrons. The number of methoxy groups -OCH3 is 2. The Labute approximate surface area is 161 Å². The van der Waals surface area contributed by atoms with Gasteiger partial charge in [-0.25, -0.2) is 9.48 Å². The largest absolute Gasteiger partial charge is 0.497 e. The van der Waals surface area contributed by atoms with E-state index in [1.165, 1.54) is 7.11 Å². The molecule has 0 unspecified atom stereocenters. The standard InChI is InChI=1S/C21H17N3O4/c1-26-16-11-15(24-9-3-7-23-24)12-17(13-16)28-20-6-8-22-19-5-4-14(10-18(19)20)21(25)27-2/h3-13H,1-2H3. The highest BCUT2D eigenvalue weighted by Gasteiger charge is 2.12. The van der Waals surface area contributed by atoms with Crippen LogP contribution in [0.1, 0.15) is 10.4 Å². The molecule has 0 aliphatic heterocycles. The lowest BCUT2D eigenvalue weighted by Crippen LogP contribution is -2.01. The van der Waals surface area contributed by atoms with E-state index < -0.39 is 5.97 Å². The summed E-state index contributed by atoms with van der Waals surface area (Å²) in [5, 5.41) is 4.95. The molecule has 2 aromatic heterocycles. The van der Waals surface area contributed by atoms with Crippen molar-refractivity contribution in [1.29, 1.82) is 0 Å². The maximum Gasteiger partial charge on any atom is 0.337 e. The number of rotatable bonds is 5. The average Bonchev–Trinajstić information content (AvgIpc) is 3.28. The molecule has 0 atom stereocenters. The molecule has 0 saturated carbocycles. The molecule has 0 aliphatic carbocycles. The number of ether oxygens (including phenoxy) is 3. The van der Waals surface area contributed by atoms with Gasteiger partial charge in [0.25, 0.3) is 0 Å². The summed E-state index contributed by atoms with van der Waals surface area (Å²) < 4.78 is 18.0. The predicted molar refractivity (Wildman–Crippen MR) is 103 cm³/mol. The topological polar surface area (TPSA) is 75.5 Å². The molecule has 2 heterocycles. The van der Waals surface area contributed by atoms with Crippen LogP contribution in [-0.4, -0.2) is 35.0 Å². The Morgan fingerprint density at radius 2 is 1.86 bits per heavy atom. The maximum atomic E-state index is 11.9. The first-order valence-electron chi connectivity index (χ1n) is 8.52. The number of carbonyl (C=O) groups is 1. The first-order valence-corrected chi connectivity index (χ1v) is 8.52. The summed E-state index contributed by atoms with van der Waals surface area (Å²) in [7, 11) is 2.94. The summed E-state index contributed by atoms with van der Waals surface area (Å²) in [5.41, 5.74) is 1.93. The van der Waals surface area contributed by atoms with Crippen LogP contribution in [0.4, 0.5) is 0 Å². The minimum Gasteiger partial charge on any atom is -0.497 e. The molecule has 0 spiro atoms. The van der Waals surface area contributed by atoms with Crippen molar-refractivity contribution in [3.05, 3.63) is 72.7 Å². The van der Waals surface area contributed by atoms with Crippen LogP contribution in [0.15, 0.2) is 67.1 Å². The number of hydrogen-bond donors (Lipinski definition) is 0. The first kappa shape index (κ1) is 17.5. The Morgan fingerprint density at radius 1 is 1.00 bits per heavy atom. The smallest absolute Gasteiger partial charge is 0.337 e. The predicted octanol–water partition coefficient (Wildman–Crippen LogP) is 4.01. The third-order valence-corrected chi connectivity index (χ3v) is 4.22. The van der Waals surface area contributed by atoms with Gasteiger partial charge in [0.05, 0.1) is 31.0 Å². The van der Waals surface area contributed by atoms with Crippen LogP contribution < -0.4 is 9.47 Å². The van der Waals surface area contributed by atoms with E-state index in [0.717, 1.165) is 5.69 Å². The Morgan fingerprint density at radius 3 is 2.61 bits per heavy atom. The van der Waals surface area contributed by atoms with E-state index in [9.17, 15) is 4.79 Å². The van der Waals surface area contributed by atoms with Crippen molar-refractivity contribution in [2.75, 3.05) is 14.2 Å². The molecular formula is C21H17N3O4. The molecular weight excluding hydrogens is 358 g/mol. The van der Waals surface area contributed by atoms with Crippen molar-refractivity contribution in [3.8, 4) is 22.9 Å². The van der Waals surface area contributed by atoms with Gasteiger partial charge < -0.3 is 14.2 Å². The minimum atomic E-state index is -0.418. The number of nitrogens with zero attached hydrogens (tertiary/aromatic N) is 3.